The van der Waals surface area contributed by atoms with Crippen molar-refractivity contribution in [2.24, 2.45) is 0 Å². The lowest BCUT2D eigenvalue weighted by atomic mass is 10.1. The number of rotatable bonds is 3. The first kappa shape index (κ1) is 11.4. The molecule has 3 rings (SSSR count). The second kappa shape index (κ2) is 4.53. The van der Waals surface area contributed by atoms with Crippen LogP contribution in [0.15, 0.2) is 30.3 Å². The lowest BCUT2D eigenvalue weighted by Gasteiger charge is -2.00. The van der Waals surface area contributed by atoms with Gasteiger partial charge in [0.25, 0.3) is 0 Å². The van der Waals surface area contributed by atoms with Gasteiger partial charge in [0.15, 0.2) is 0 Å². The minimum absolute atomic E-state index is 0.943. The summed E-state index contributed by atoms with van der Waals surface area (Å²) in [6.45, 7) is 4.28. The predicted molar refractivity (Wildman–Crippen MR) is 75.1 cm³/mol. The summed E-state index contributed by atoms with van der Waals surface area (Å²) < 4.78 is 2.01. The Morgan fingerprint density at radius 2 is 1.89 bits per heavy atom. The third-order valence-electron chi connectivity index (χ3n) is 3.02. The van der Waals surface area contributed by atoms with Gasteiger partial charge in [0.05, 0.1) is 11.4 Å². The molecule has 0 spiro atoms. The van der Waals surface area contributed by atoms with E-state index >= 15 is 0 Å². The van der Waals surface area contributed by atoms with Crippen LogP contribution < -0.4 is 0 Å². The van der Waals surface area contributed by atoms with Gasteiger partial charge in [-0.2, -0.15) is 5.10 Å². The third-order valence-corrected chi connectivity index (χ3v) is 4.08. The Hall–Kier alpha value is -1.68. The number of hydrogen-bond donors (Lipinski definition) is 0. The van der Waals surface area contributed by atoms with Crippen LogP contribution in [0.2, 0.25) is 0 Å². The van der Waals surface area contributed by atoms with E-state index in [2.05, 4.69) is 31.1 Å². The molecule has 0 aliphatic carbocycles. The number of fused-ring (bicyclic) bond motifs is 1. The minimum Gasteiger partial charge on any atom is -0.217 e. The Morgan fingerprint density at radius 1 is 1.11 bits per heavy atom. The summed E-state index contributed by atoms with van der Waals surface area (Å²) in [7, 11) is 0. The summed E-state index contributed by atoms with van der Waals surface area (Å²) >= 11 is 1.68. The van der Waals surface area contributed by atoms with E-state index in [1.54, 1.807) is 11.3 Å². The fourth-order valence-corrected chi connectivity index (χ4v) is 2.97. The van der Waals surface area contributed by atoms with Crippen molar-refractivity contribution in [1.82, 2.24) is 14.6 Å². The highest BCUT2D eigenvalue weighted by molar-refractivity contribution is 7.16. The quantitative estimate of drug-likeness (QED) is 0.718. The van der Waals surface area contributed by atoms with Gasteiger partial charge >= 0.3 is 0 Å². The number of aryl methyl sites for hydroxylation is 2. The molecule has 0 bridgehead atoms. The molecule has 0 radical (unpaired) electrons. The molecule has 0 amide bonds. The highest BCUT2D eigenvalue weighted by Gasteiger charge is 2.15. The predicted octanol–water partition coefficient (Wildman–Crippen LogP) is 3.58. The molecule has 18 heavy (non-hydrogen) atoms. The molecular formula is C14H15N3S. The lowest BCUT2D eigenvalue weighted by molar-refractivity contribution is 0.849. The molecule has 0 fully saturated rings. The van der Waals surface area contributed by atoms with Crippen LogP contribution in [-0.2, 0) is 12.8 Å². The summed E-state index contributed by atoms with van der Waals surface area (Å²) in [5.41, 5.74) is 3.44. The van der Waals surface area contributed by atoms with Crippen LogP contribution in [0.4, 0.5) is 0 Å². The van der Waals surface area contributed by atoms with Crippen molar-refractivity contribution in [3.8, 4) is 11.3 Å². The Kier molecular flexibility index (Phi) is 2.88. The highest BCUT2D eigenvalue weighted by Crippen LogP contribution is 2.27. The summed E-state index contributed by atoms with van der Waals surface area (Å²) in [5, 5.41) is 5.77. The van der Waals surface area contributed by atoms with Crippen LogP contribution in [0.1, 0.15) is 24.5 Å². The van der Waals surface area contributed by atoms with Gasteiger partial charge in [0.2, 0.25) is 4.96 Å². The smallest absolute Gasteiger partial charge is 0.212 e. The van der Waals surface area contributed by atoms with Crippen molar-refractivity contribution < 1.29 is 0 Å². The number of aromatic nitrogens is 3. The molecule has 0 N–H and O–H groups in total. The van der Waals surface area contributed by atoms with Crippen LogP contribution in [0.5, 0.6) is 0 Å². The maximum Gasteiger partial charge on any atom is 0.212 e. The molecule has 2 aromatic heterocycles. The van der Waals surface area contributed by atoms with Crippen molar-refractivity contribution in [1.29, 1.82) is 0 Å². The standard InChI is InChI=1S/C14H15N3S/c1-3-11-13(10-8-6-5-7-9-10)15-14-17(11)16-12(4-2)18-14/h5-9H,3-4H2,1-2H3. The van der Waals surface area contributed by atoms with E-state index in [4.69, 9.17) is 4.98 Å². The molecule has 0 aliphatic rings. The van der Waals surface area contributed by atoms with Crippen molar-refractivity contribution in [2.45, 2.75) is 26.7 Å². The zero-order valence-corrected chi connectivity index (χ0v) is 11.4. The van der Waals surface area contributed by atoms with Gasteiger partial charge in [-0.05, 0) is 12.8 Å². The molecule has 92 valence electrons. The first-order valence-electron chi connectivity index (χ1n) is 6.26. The second-order valence-corrected chi connectivity index (χ2v) is 5.21. The van der Waals surface area contributed by atoms with Gasteiger partial charge in [-0.1, -0.05) is 55.5 Å². The largest absolute Gasteiger partial charge is 0.217 e. The van der Waals surface area contributed by atoms with E-state index in [0.29, 0.717) is 0 Å². The Balaban J connectivity index is 2.21. The molecule has 0 saturated heterocycles. The van der Waals surface area contributed by atoms with Crippen LogP contribution in [-0.4, -0.2) is 14.6 Å². The van der Waals surface area contributed by atoms with E-state index in [0.717, 1.165) is 28.5 Å². The highest BCUT2D eigenvalue weighted by atomic mass is 32.1. The van der Waals surface area contributed by atoms with Crippen molar-refractivity contribution >= 4 is 16.3 Å². The number of benzene rings is 1. The van der Waals surface area contributed by atoms with Gasteiger partial charge in [-0.3, -0.25) is 0 Å². The topological polar surface area (TPSA) is 30.2 Å². The van der Waals surface area contributed by atoms with Crippen molar-refractivity contribution in [2.75, 3.05) is 0 Å². The Morgan fingerprint density at radius 3 is 2.56 bits per heavy atom. The SMILES string of the molecule is CCc1nn2c(CC)c(-c3ccccc3)nc2s1. The van der Waals surface area contributed by atoms with Gasteiger partial charge in [0, 0.05) is 5.56 Å². The number of imidazole rings is 1. The monoisotopic (exact) mass is 257 g/mol. The maximum atomic E-state index is 4.74. The fourth-order valence-electron chi connectivity index (χ4n) is 2.12. The van der Waals surface area contributed by atoms with E-state index < -0.39 is 0 Å². The normalized spacial score (nSPS) is 11.2. The molecule has 3 nitrogen and oxygen atoms in total. The minimum atomic E-state index is 0.943. The summed E-state index contributed by atoms with van der Waals surface area (Å²) in [4.78, 5) is 5.74. The Bertz CT molecular complexity index is 667. The number of hydrogen-bond acceptors (Lipinski definition) is 3. The average Bonchev–Trinajstić information content (AvgIpc) is 2.96. The van der Waals surface area contributed by atoms with Crippen LogP contribution in [0, 0.1) is 0 Å². The molecule has 4 heteroatoms. The fraction of sp³-hybridized carbons (Fsp3) is 0.286. The maximum absolute atomic E-state index is 4.74. The molecular weight excluding hydrogens is 242 g/mol. The zero-order valence-electron chi connectivity index (χ0n) is 10.6. The van der Waals surface area contributed by atoms with Gasteiger partial charge in [-0.25, -0.2) is 9.50 Å². The zero-order chi connectivity index (χ0) is 12.5. The molecule has 0 unspecified atom stereocenters. The van der Waals surface area contributed by atoms with Crippen LogP contribution in [0.3, 0.4) is 0 Å². The first-order chi connectivity index (χ1) is 8.83. The van der Waals surface area contributed by atoms with Gasteiger partial charge in [-0.15, -0.1) is 0 Å². The van der Waals surface area contributed by atoms with E-state index in [1.807, 2.05) is 22.7 Å². The van der Waals surface area contributed by atoms with E-state index in [9.17, 15) is 0 Å². The molecule has 0 saturated carbocycles. The molecule has 2 heterocycles. The van der Waals surface area contributed by atoms with Crippen molar-refractivity contribution in [3.05, 3.63) is 41.0 Å². The molecule has 0 atom stereocenters. The summed E-state index contributed by atoms with van der Waals surface area (Å²) in [5.74, 6) is 0. The molecule has 3 aromatic rings. The summed E-state index contributed by atoms with van der Waals surface area (Å²) in [6.07, 6.45) is 1.91. The van der Waals surface area contributed by atoms with E-state index in [-0.39, 0.29) is 0 Å². The lowest BCUT2D eigenvalue weighted by Crippen LogP contribution is -1.94. The molecule has 1 aromatic carbocycles. The first-order valence-corrected chi connectivity index (χ1v) is 7.07. The number of nitrogens with zero attached hydrogens (tertiary/aromatic N) is 3. The van der Waals surface area contributed by atoms with Crippen LogP contribution >= 0.6 is 11.3 Å². The average molecular weight is 257 g/mol. The van der Waals surface area contributed by atoms with Crippen molar-refractivity contribution in [3.63, 3.8) is 0 Å². The third kappa shape index (κ3) is 1.73. The second-order valence-electron chi connectivity index (χ2n) is 4.17. The Labute approximate surface area is 110 Å². The van der Waals surface area contributed by atoms with Gasteiger partial charge < -0.3 is 0 Å². The molecule has 0 aliphatic heterocycles. The van der Waals surface area contributed by atoms with E-state index in [1.165, 1.54) is 11.3 Å². The van der Waals surface area contributed by atoms with Gasteiger partial charge in [0.1, 0.15) is 5.01 Å². The van der Waals surface area contributed by atoms with Crippen LogP contribution in [0.25, 0.3) is 16.2 Å². The summed E-state index contributed by atoms with van der Waals surface area (Å²) in [6, 6.07) is 10.3.